The summed E-state index contributed by atoms with van der Waals surface area (Å²) in [6, 6.07) is 0. The second-order valence-electron chi connectivity index (χ2n) is 2.79. The molecule has 0 aromatic carbocycles. The lowest BCUT2D eigenvalue weighted by Crippen LogP contribution is -2.11. The van der Waals surface area contributed by atoms with E-state index in [0.29, 0.717) is 0 Å². The smallest absolute Gasteiger partial charge is 0.104 e. The Balaban J connectivity index is 2.05. The summed E-state index contributed by atoms with van der Waals surface area (Å²) in [7, 11) is 0. The Morgan fingerprint density at radius 3 is 3.09 bits per heavy atom. The summed E-state index contributed by atoms with van der Waals surface area (Å²) in [6.07, 6.45) is 8.84. The minimum Gasteiger partial charge on any atom is -0.351 e. The number of rotatable bonds is 4. The average molecular weight is 152 g/mol. The summed E-state index contributed by atoms with van der Waals surface area (Å²) in [4.78, 5) is 4.40. The van der Waals surface area contributed by atoms with Gasteiger partial charge >= 0.3 is 0 Å². The standard InChI is InChI=1S/C9H16N2/c1-2-3-4-7-10-9-6-5-8-11-9/h5,8H,2-4,6-7H2,1H3,(H,10,11). The molecular formula is C9H16N2. The number of hydrogen-bond acceptors (Lipinski definition) is 1. The van der Waals surface area contributed by atoms with E-state index in [-0.39, 0.29) is 0 Å². The Bertz CT molecular complexity index is 149. The van der Waals surface area contributed by atoms with E-state index in [2.05, 4.69) is 23.3 Å². The molecule has 0 amide bonds. The molecule has 62 valence electrons. The van der Waals surface area contributed by atoms with Crippen LogP contribution in [0.15, 0.2) is 17.3 Å². The number of nitrogens with one attached hydrogen (secondary N) is 1. The zero-order valence-electron chi connectivity index (χ0n) is 7.14. The number of hydrogen-bond donors (Lipinski definition) is 1. The highest BCUT2D eigenvalue weighted by molar-refractivity contribution is 5.86. The molecule has 0 aromatic heterocycles. The van der Waals surface area contributed by atoms with Gasteiger partial charge in [-0.05, 0) is 12.6 Å². The Kier molecular flexibility index (Phi) is 3.73. The molecule has 2 nitrogen and oxygen atoms in total. The lowest BCUT2D eigenvalue weighted by Gasteiger charge is -1.97. The first-order valence-electron chi connectivity index (χ1n) is 4.38. The van der Waals surface area contributed by atoms with Crippen molar-refractivity contribution in [2.24, 2.45) is 4.99 Å². The molecule has 0 atom stereocenters. The van der Waals surface area contributed by atoms with Crippen LogP contribution < -0.4 is 5.32 Å². The summed E-state index contributed by atoms with van der Waals surface area (Å²) in [5, 5.41) is 3.10. The molecule has 0 aliphatic carbocycles. The van der Waals surface area contributed by atoms with Crippen LogP contribution in [0.3, 0.4) is 0 Å². The van der Waals surface area contributed by atoms with Gasteiger partial charge in [-0.15, -0.1) is 0 Å². The third kappa shape index (κ3) is 3.21. The molecule has 11 heavy (non-hydrogen) atoms. The van der Waals surface area contributed by atoms with Gasteiger partial charge < -0.3 is 5.32 Å². The largest absolute Gasteiger partial charge is 0.351 e. The van der Waals surface area contributed by atoms with Crippen LogP contribution in [0.2, 0.25) is 0 Å². The van der Waals surface area contributed by atoms with E-state index in [1.807, 2.05) is 6.20 Å². The summed E-state index contributed by atoms with van der Waals surface area (Å²) in [5.74, 6) is 1.13. The van der Waals surface area contributed by atoms with Gasteiger partial charge in [-0.25, -0.2) is 0 Å². The Hall–Kier alpha value is -0.790. The van der Waals surface area contributed by atoms with Crippen LogP contribution in [0.1, 0.15) is 32.6 Å². The second-order valence-corrected chi connectivity index (χ2v) is 2.79. The van der Waals surface area contributed by atoms with Gasteiger partial charge in [0.05, 0.1) is 0 Å². The van der Waals surface area contributed by atoms with Gasteiger partial charge in [-0.3, -0.25) is 4.99 Å². The van der Waals surface area contributed by atoms with E-state index in [4.69, 9.17) is 0 Å². The van der Waals surface area contributed by atoms with Crippen LogP contribution in [0.25, 0.3) is 0 Å². The molecule has 1 heterocycles. The topological polar surface area (TPSA) is 24.4 Å². The predicted octanol–water partition coefficient (Wildman–Crippen LogP) is 2.08. The van der Waals surface area contributed by atoms with Gasteiger partial charge in [0.25, 0.3) is 0 Å². The van der Waals surface area contributed by atoms with Crippen molar-refractivity contribution in [1.29, 1.82) is 0 Å². The summed E-state index contributed by atoms with van der Waals surface area (Å²) >= 11 is 0. The van der Waals surface area contributed by atoms with Crippen LogP contribution >= 0.6 is 0 Å². The van der Waals surface area contributed by atoms with Crippen molar-refractivity contribution in [3.05, 3.63) is 12.3 Å². The van der Waals surface area contributed by atoms with Crippen molar-refractivity contribution in [3.8, 4) is 0 Å². The monoisotopic (exact) mass is 152 g/mol. The third-order valence-electron chi connectivity index (χ3n) is 1.74. The molecule has 0 unspecified atom stereocenters. The normalized spacial score (nSPS) is 19.2. The molecule has 1 aliphatic heterocycles. The Morgan fingerprint density at radius 2 is 2.45 bits per heavy atom. The van der Waals surface area contributed by atoms with Crippen molar-refractivity contribution < 1.29 is 0 Å². The molecule has 1 N–H and O–H groups in total. The third-order valence-corrected chi connectivity index (χ3v) is 1.74. The average Bonchev–Trinajstić information content (AvgIpc) is 2.50. The van der Waals surface area contributed by atoms with Crippen LogP contribution in [-0.4, -0.2) is 12.4 Å². The molecule has 0 aromatic rings. The van der Waals surface area contributed by atoms with Gasteiger partial charge in [-0.1, -0.05) is 25.8 Å². The maximum atomic E-state index is 4.40. The molecule has 1 aliphatic rings. The zero-order valence-corrected chi connectivity index (χ0v) is 7.14. The quantitative estimate of drug-likeness (QED) is 0.613. The van der Waals surface area contributed by atoms with Crippen LogP contribution in [0.4, 0.5) is 0 Å². The summed E-state index contributed by atoms with van der Waals surface area (Å²) < 4.78 is 0. The molecule has 0 spiro atoms. The number of amidine groups is 1. The first kappa shape index (κ1) is 8.31. The Morgan fingerprint density at radius 1 is 1.55 bits per heavy atom. The second kappa shape index (κ2) is 4.94. The fraction of sp³-hybridized carbons (Fsp3) is 0.667. The van der Waals surface area contributed by atoms with E-state index in [0.717, 1.165) is 18.8 Å². The first-order valence-corrected chi connectivity index (χ1v) is 4.38. The number of nitrogens with zero attached hydrogens (tertiary/aromatic N) is 1. The van der Waals surface area contributed by atoms with Crippen LogP contribution in [-0.2, 0) is 0 Å². The molecular weight excluding hydrogens is 136 g/mol. The molecule has 1 rings (SSSR count). The fourth-order valence-electron chi connectivity index (χ4n) is 1.07. The van der Waals surface area contributed by atoms with E-state index >= 15 is 0 Å². The highest BCUT2D eigenvalue weighted by Crippen LogP contribution is 1.97. The van der Waals surface area contributed by atoms with E-state index in [1.165, 1.54) is 19.3 Å². The molecule has 2 heteroatoms. The van der Waals surface area contributed by atoms with Crippen molar-refractivity contribution in [2.45, 2.75) is 32.6 Å². The molecule has 0 saturated heterocycles. The Labute approximate surface area is 68.4 Å². The first-order chi connectivity index (χ1) is 5.43. The lowest BCUT2D eigenvalue weighted by molar-refractivity contribution is 0.726. The van der Waals surface area contributed by atoms with Gasteiger partial charge in [0.1, 0.15) is 5.84 Å². The summed E-state index contributed by atoms with van der Waals surface area (Å²) in [5.41, 5.74) is 0. The van der Waals surface area contributed by atoms with Gasteiger partial charge in [0, 0.05) is 13.0 Å². The van der Waals surface area contributed by atoms with Crippen LogP contribution in [0, 0.1) is 0 Å². The minimum absolute atomic E-state index is 0.984. The number of aliphatic imine (C=N–C) groups is 1. The summed E-state index contributed by atoms with van der Waals surface area (Å²) in [6.45, 7) is 3.19. The minimum atomic E-state index is 0.984. The van der Waals surface area contributed by atoms with Crippen LogP contribution in [0.5, 0.6) is 0 Å². The molecule has 0 bridgehead atoms. The van der Waals surface area contributed by atoms with Crippen molar-refractivity contribution >= 4 is 5.84 Å². The SMILES string of the molecule is CCCCCN=C1CC=CN1. The predicted molar refractivity (Wildman–Crippen MR) is 48.7 cm³/mol. The fourth-order valence-corrected chi connectivity index (χ4v) is 1.07. The van der Waals surface area contributed by atoms with Crippen molar-refractivity contribution in [1.82, 2.24) is 5.32 Å². The van der Waals surface area contributed by atoms with Crippen molar-refractivity contribution in [2.75, 3.05) is 6.54 Å². The molecule has 0 fully saturated rings. The van der Waals surface area contributed by atoms with Crippen molar-refractivity contribution in [3.63, 3.8) is 0 Å². The maximum absolute atomic E-state index is 4.40. The lowest BCUT2D eigenvalue weighted by atomic mass is 10.2. The van der Waals surface area contributed by atoms with E-state index in [9.17, 15) is 0 Å². The molecule has 0 radical (unpaired) electrons. The van der Waals surface area contributed by atoms with E-state index in [1.54, 1.807) is 0 Å². The van der Waals surface area contributed by atoms with Gasteiger partial charge in [0.15, 0.2) is 0 Å². The number of unbranched alkanes of at least 4 members (excludes halogenated alkanes) is 2. The maximum Gasteiger partial charge on any atom is 0.104 e. The highest BCUT2D eigenvalue weighted by atomic mass is 15.0. The zero-order chi connectivity index (χ0) is 7.94. The highest BCUT2D eigenvalue weighted by Gasteiger charge is 1.97. The van der Waals surface area contributed by atoms with Gasteiger partial charge in [-0.2, -0.15) is 0 Å². The van der Waals surface area contributed by atoms with Gasteiger partial charge in [0.2, 0.25) is 0 Å². The molecule has 0 saturated carbocycles. The van der Waals surface area contributed by atoms with E-state index < -0.39 is 0 Å².